The molecule has 0 saturated heterocycles. The smallest absolute Gasteiger partial charge is 0.253 e. The highest BCUT2D eigenvalue weighted by molar-refractivity contribution is 5.95. The minimum absolute atomic E-state index is 0. The topological polar surface area (TPSA) is 46.3 Å². The number of amides is 1. The van der Waals surface area contributed by atoms with Gasteiger partial charge in [-0.15, -0.1) is 12.4 Å². The van der Waals surface area contributed by atoms with Crippen LogP contribution in [0, 0.1) is 6.92 Å². The summed E-state index contributed by atoms with van der Waals surface area (Å²) in [7, 11) is 1.83. The van der Waals surface area contributed by atoms with E-state index in [1.807, 2.05) is 44.3 Å². The molecule has 3 nitrogen and oxygen atoms in total. The van der Waals surface area contributed by atoms with Gasteiger partial charge in [0.05, 0.1) is 0 Å². The van der Waals surface area contributed by atoms with Crippen LogP contribution in [0.5, 0.6) is 0 Å². The fourth-order valence-electron chi connectivity index (χ4n) is 2.37. The number of aryl methyl sites for hydroxylation is 1. The second kappa shape index (κ2) is 7.85. The highest BCUT2D eigenvalue weighted by atomic mass is 35.5. The highest BCUT2D eigenvalue weighted by Crippen LogP contribution is 2.18. The zero-order valence-electron chi connectivity index (χ0n) is 13.2. The number of rotatable bonds is 4. The van der Waals surface area contributed by atoms with Crippen LogP contribution in [0.15, 0.2) is 48.5 Å². The number of nitrogen functional groups attached to an aromatic ring is 1. The third-order valence-electron chi connectivity index (χ3n) is 3.79. The van der Waals surface area contributed by atoms with Gasteiger partial charge in [-0.05, 0) is 36.1 Å². The summed E-state index contributed by atoms with van der Waals surface area (Å²) in [6.45, 7) is 4.74. The number of carbonyl (C=O) groups excluding carboxylic acids is 1. The van der Waals surface area contributed by atoms with Crippen LogP contribution >= 0.6 is 12.4 Å². The van der Waals surface area contributed by atoms with Gasteiger partial charge in [-0.1, -0.05) is 43.3 Å². The zero-order chi connectivity index (χ0) is 15.4. The van der Waals surface area contributed by atoms with E-state index >= 15 is 0 Å². The Kier molecular flexibility index (Phi) is 6.44. The molecule has 4 heteroatoms. The van der Waals surface area contributed by atoms with Gasteiger partial charge in [0.25, 0.3) is 5.91 Å². The van der Waals surface area contributed by atoms with Gasteiger partial charge in [-0.25, -0.2) is 0 Å². The van der Waals surface area contributed by atoms with Gasteiger partial charge in [0, 0.05) is 24.8 Å². The Balaban J connectivity index is 0.00000242. The van der Waals surface area contributed by atoms with E-state index in [2.05, 4.69) is 19.1 Å². The van der Waals surface area contributed by atoms with Crippen LogP contribution in [0.2, 0.25) is 0 Å². The first-order chi connectivity index (χ1) is 9.99. The van der Waals surface area contributed by atoms with E-state index in [4.69, 9.17) is 5.73 Å². The van der Waals surface area contributed by atoms with Crippen molar-refractivity contribution in [1.82, 2.24) is 4.90 Å². The summed E-state index contributed by atoms with van der Waals surface area (Å²) in [4.78, 5) is 14.2. The third-order valence-corrected chi connectivity index (χ3v) is 3.79. The maximum atomic E-state index is 12.4. The molecule has 1 atom stereocenters. The fourth-order valence-corrected chi connectivity index (χ4v) is 2.37. The lowest BCUT2D eigenvalue weighted by Gasteiger charge is -2.22. The van der Waals surface area contributed by atoms with Gasteiger partial charge in [0.15, 0.2) is 0 Å². The Morgan fingerprint density at radius 3 is 2.41 bits per heavy atom. The molecule has 0 heterocycles. The molecule has 2 aromatic carbocycles. The van der Waals surface area contributed by atoms with E-state index in [0.717, 1.165) is 5.56 Å². The van der Waals surface area contributed by atoms with Gasteiger partial charge in [0.2, 0.25) is 0 Å². The zero-order valence-corrected chi connectivity index (χ0v) is 14.1. The van der Waals surface area contributed by atoms with Crippen molar-refractivity contribution < 1.29 is 4.79 Å². The first-order valence-electron chi connectivity index (χ1n) is 7.15. The second-order valence-corrected chi connectivity index (χ2v) is 5.57. The Hall–Kier alpha value is -2.00. The predicted octanol–water partition coefficient (Wildman–Crippen LogP) is 3.87. The molecule has 118 valence electrons. The van der Waals surface area contributed by atoms with E-state index in [9.17, 15) is 4.79 Å². The number of nitrogens with two attached hydrogens (primary N) is 1. The molecule has 0 aliphatic heterocycles. The van der Waals surface area contributed by atoms with Crippen molar-refractivity contribution in [1.29, 1.82) is 0 Å². The van der Waals surface area contributed by atoms with Gasteiger partial charge in [-0.2, -0.15) is 0 Å². The number of nitrogens with zero attached hydrogens (tertiary/aromatic N) is 1. The monoisotopic (exact) mass is 318 g/mol. The number of benzene rings is 2. The molecule has 0 aliphatic carbocycles. The van der Waals surface area contributed by atoms with E-state index in [1.165, 1.54) is 5.56 Å². The molecule has 0 saturated carbocycles. The summed E-state index contributed by atoms with van der Waals surface area (Å²) in [6, 6.07) is 15.7. The van der Waals surface area contributed by atoms with Gasteiger partial charge in [0.1, 0.15) is 0 Å². The Labute approximate surface area is 138 Å². The summed E-state index contributed by atoms with van der Waals surface area (Å²) in [6.07, 6.45) is 0. The Morgan fingerprint density at radius 2 is 1.82 bits per heavy atom. The van der Waals surface area contributed by atoms with E-state index in [0.29, 0.717) is 23.7 Å². The summed E-state index contributed by atoms with van der Waals surface area (Å²) < 4.78 is 0. The highest BCUT2D eigenvalue weighted by Gasteiger charge is 2.16. The van der Waals surface area contributed by atoms with Crippen LogP contribution in [0.1, 0.15) is 34.3 Å². The normalized spacial score (nSPS) is 11.4. The number of halogens is 1. The number of likely N-dealkylation sites (N-methyl/N-ethyl adjacent to an activating group) is 1. The standard InChI is InChI=1S/C18H22N2O.ClH/c1-13-9-10-16(11-17(13)19)18(21)20(3)12-14(2)15-7-5-4-6-8-15;/h4-11,14H,12,19H2,1-3H3;1H. The van der Waals surface area contributed by atoms with Crippen LogP contribution in [-0.2, 0) is 0 Å². The Bertz CT molecular complexity index is 628. The molecule has 0 aliphatic rings. The summed E-state index contributed by atoms with van der Waals surface area (Å²) in [5, 5.41) is 0. The van der Waals surface area contributed by atoms with Crippen LogP contribution in [-0.4, -0.2) is 24.4 Å². The number of anilines is 1. The van der Waals surface area contributed by atoms with Crippen molar-refractivity contribution in [2.24, 2.45) is 0 Å². The number of hydrogen-bond donors (Lipinski definition) is 1. The van der Waals surface area contributed by atoms with Crippen molar-refractivity contribution in [3.05, 3.63) is 65.2 Å². The average Bonchev–Trinajstić information content (AvgIpc) is 2.50. The van der Waals surface area contributed by atoms with Gasteiger partial charge >= 0.3 is 0 Å². The summed E-state index contributed by atoms with van der Waals surface area (Å²) in [5.41, 5.74) is 9.41. The van der Waals surface area contributed by atoms with E-state index < -0.39 is 0 Å². The third kappa shape index (κ3) is 4.25. The molecule has 0 fully saturated rings. The second-order valence-electron chi connectivity index (χ2n) is 5.57. The molecule has 2 rings (SSSR count). The lowest BCUT2D eigenvalue weighted by atomic mass is 10.0. The maximum Gasteiger partial charge on any atom is 0.253 e. The molecule has 2 aromatic rings. The van der Waals surface area contributed by atoms with E-state index in [1.54, 1.807) is 11.0 Å². The molecule has 0 aromatic heterocycles. The first-order valence-corrected chi connectivity index (χ1v) is 7.15. The van der Waals surface area contributed by atoms with Gasteiger partial charge in [-0.3, -0.25) is 4.79 Å². The molecule has 0 radical (unpaired) electrons. The van der Waals surface area contributed by atoms with E-state index in [-0.39, 0.29) is 18.3 Å². The maximum absolute atomic E-state index is 12.4. The van der Waals surface area contributed by atoms with Crippen molar-refractivity contribution in [2.45, 2.75) is 19.8 Å². The minimum atomic E-state index is 0. The largest absolute Gasteiger partial charge is 0.398 e. The molecular formula is C18H23ClN2O. The molecule has 0 bridgehead atoms. The van der Waals surface area contributed by atoms with Crippen LogP contribution in [0.3, 0.4) is 0 Å². The molecule has 1 amide bonds. The van der Waals surface area contributed by atoms with Crippen LogP contribution < -0.4 is 5.73 Å². The average molecular weight is 319 g/mol. The molecule has 1 unspecified atom stereocenters. The Morgan fingerprint density at radius 1 is 1.18 bits per heavy atom. The molecule has 2 N–H and O–H groups in total. The van der Waals surface area contributed by atoms with Gasteiger partial charge < -0.3 is 10.6 Å². The van der Waals surface area contributed by atoms with Crippen molar-refractivity contribution >= 4 is 24.0 Å². The lowest BCUT2D eigenvalue weighted by Crippen LogP contribution is -2.30. The number of carbonyl (C=O) groups is 1. The van der Waals surface area contributed by atoms with Crippen LogP contribution in [0.25, 0.3) is 0 Å². The predicted molar refractivity (Wildman–Crippen MR) is 94.7 cm³/mol. The number of hydrogen-bond acceptors (Lipinski definition) is 2. The molecule has 22 heavy (non-hydrogen) atoms. The van der Waals surface area contributed by atoms with Crippen molar-refractivity contribution in [3.8, 4) is 0 Å². The minimum Gasteiger partial charge on any atom is -0.398 e. The molecular weight excluding hydrogens is 296 g/mol. The van der Waals surface area contributed by atoms with Crippen molar-refractivity contribution in [3.63, 3.8) is 0 Å². The first kappa shape index (κ1) is 18.1. The molecule has 0 spiro atoms. The van der Waals surface area contributed by atoms with Crippen LogP contribution in [0.4, 0.5) is 5.69 Å². The fraction of sp³-hybridized carbons (Fsp3) is 0.278. The SMILES string of the molecule is Cc1ccc(C(=O)N(C)CC(C)c2ccccc2)cc1N.Cl. The quantitative estimate of drug-likeness (QED) is 0.870. The summed E-state index contributed by atoms with van der Waals surface area (Å²) >= 11 is 0. The van der Waals surface area contributed by atoms with Crippen molar-refractivity contribution in [2.75, 3.05) is 19.3 Å². The lowest BCUT2D eigenvalue weighted by molar-refractivity contribution is 0.0788. The summed E-state index contributed by atoms with van der Waals surface area (Å²) in [5.74, 6) is 0.299.